The molecule has 2 aromatic rings. The maximum Gasteiger partial charge on any atom is 0.0727 e. The number of allylic oxidation sites excluding steroid dienone is 1. The Morgan fingerprint density at radius 2 is 1.84 bits per heavy atom. The number of hydrogen-bond acceptors (Lipinski definition) is 3. The van der Waals surface area contributed by atoms with Crippen molar-refractivity contribution in [2.75, 3.05) is 13.1 Å². The third kappa shape index (κ3) is 3.75. The monoisotopic (exact) mass is 435 g/mol. The normalized spacial score (nSPS) is 22.6. The summed E-state index contributed by atoms with van der Waals surface area (Å²) in [4.78, 5) is 10.1. The van der Waals surface area contributed by atoms with Gasteiger partial charge in [-0.25, -0.2) is 0 Å². The first kappa shape index (κ1) is 20.9. The van der Waals surface area contributed by atoms with E-state index in [1.807, 2.05) is 0 Å². The minimum atomic E-state index is 0.520. The Morgan fingerprint density at radius 3 is 2.58 bits per heavy atom. The number of piperidine rings is 2. The van der Waals surface area contributed by atoms with E-state index in [0.717, 1.165) is 54.0 Å². The van der Waals surface area contributed by atoms with Crippen molar-refractivity contribution in [2.45, 2.75) is 76.8 Å². The molecule has 1 aliphatic carbocycles. The lowest BCUT2D eigenvalue weighted by Crippen LogP contribution is -2.61. The summed E-state index contributed by atoms with van der Waals surface area (Å²) >= 11 is 6.79. The zero-order chi connectivity index (χ0) is 21.5. The highest BCUT2D eigenvalue weighted by Crippen LogP contribution is 2.38. The van der Waals surface area contributed by atoms with Gasteiger partial charge in [0.15, 0.2) is 0 Å². The fourth-order valence-electron chi connectivity index (χ4n) is 5.78. The molecule has 0 amide bonds. The van der Waals surface area contributed by atoms with Crippen LogP contribution in [0.1, 0.15) is 68.7 Å². The van der Waals surface area contributed by atoms with Crippen LogP contribution in [0.15, 0.2) is 37.1 Å². The summed E-state index contributed by atoms with van der Waals surface area (Å²) in [5, 5.41) is 1.99. The van der Waals surface area contributed by atoms with Gasteiger partial charge in [-0.05, 0) is 68.6 Å². The van der Waals surface area contributed by atoms with Crippen LogP contribution >= 0.6 is 11.6 Å². The minimum absolute atomic E-state index is 0.520. The molecule has 4 heteroatoms. The molecule has 2 unspecified atom stereocenters. The van der Waals surface area contributed by atoms with Crippen LogP contribution in [0.2, 0.25) is 5.02 Å². The molecule has 0 spiro atoms. The smallest absolute Gasteiger partial charge is 0.0727 e. The van der Waals surface area contributed by atoms with Crippen molar-refractivity contribution in [3.05, 3.63) is 58.9 Å². The molecule has 2 bridgehead atoms. The lowest BCUT2D eigenvalue weighted by atomic mass is 9.88. The molecule has 3 fully saturated rings. The minimum Gasteiger partial charge on any atom is -0.368 e. The average molecular weight is 436 g/mol. The number of aryl methyl sites for hydroxylation is 1. The van der Waals surface area contributed by atoms with Crippen LogP contribution in [0.5, 0.6) is 0 Å². The summed E-state index contributed by atoms with van der Waals surface area (Å²) in [7, 11) is 0. The number of benzene rings is 1. The van der Waals surface area contributed by atoms with Crippen molar-refractivity contribution in [1.29, 1.82) is 0 Å². The Morgan fingerprint density at radius 1 is 1.10 bits per heavy atom. The Kier molecular flexibility index (Phi) is 5.73. The summed E-state index contributed by atoms with van der Waals surface area (Å²) in [6.45, 7) is 13.3. The highest BCUT2D eigenvalue weighted by atomic mass is 35.5. The fourth-order valence-corrected chi connectivity index (χ4v) is 6.15. The van der Waals surface area contributed by atoms with E-state index in [0.29, 0.717) is 12.1 Å². The lowest BCUT2D eigenvalue weighted by molar-refractivity contribution is 0.0321. The first-order chi connectivity index (χ1) is 15.1. The van der Waals surface area contributed by atoms with Gasteiger partial charge in [0.25, 0.3) is 0 Å². The zero-order valence-corrected chi connectivity index (χ0v) is 19.6. The third-order valence-corrected chi connectivity index (χ3v) is 8.06. The summed E-state index contributed by atoms with van der Waals surface area (Å²) in [6.07, 6.45) is 10.6. The average Bonchev–Trinajstić information content (AvgIpc) is 2.82. The van der Waals surface area contributed by atoms with E-state index in [-0.39, 0.29) is 0 Å². The second kappa shape index (κ2) is 8.50. The number of nitrogens with zero attached hydrogens (tertiary/aromatic N) is 3. The molecule has 164 valence electrons. The first-order valence-corrected chi connectivity index (χ1v) is 12.5. The van der Waals surface area contributed by atoms with Gasteiger partial charge in [-0.1, -0.05) is 50.2 Å². The van der Waals surface area contributed by atoms with Crippen molar-refractivity contribution < 1.29 is 0 Å². The number of unbranched alkanes of at least 4 members (excludes halogenated alkanes) is 1. The molecule has 2 atom stereocenters. The molecule has 3 saturated heterocycles. The van der Waals surface area contributed by atoms with Gasteiger partial charge in [-0.3, -0.25) is 4.98 Å². The SMILES string of the molecule is C=C(CCCC)N1CC2CCC1CN2C(=C)c1ccc2c(Cl)c3c(nc2c1)CCCC3. The van der Waals surface area contributed by atoms with E-state index in [9.17, 15) is 0 Å². The van der Waals surface area contributed by atoms with Gasteiger partial charge in [-0.2, -0.15) is 0 Å². The predicted octanol–water partition coefficient (Wildman–Crippen LogP) is 6.59. The fraction of sp³-hybridized carbons (Fsp3) is 0.519. The highest BCUT2D eigenvalue weighted by Gasteiger charge is 2.39. The van der Waals surface area contributed by atoms with Crippen molar-refractivity contribution in [2.24, 2.45) is 0 Å². The molecule has 3 aliphatic heterocycles. The second-order valence-electron chi connectivity index (χ2n) is 9.60. The number of hydrogen-bond donors (Lipinski definition) is 0. The Bertz CT molecular complexity index is 1030. The predicted molar refractivity (Wildman–Crippen MR) is 131 cm³/mol. The Balaban J connectivity index is 1.38. The van der Waals surface area contributed by atoms with Crippen molar-refractivity contribution in [3.63, 3.8) is 0 Å². The maximum atomic E-state index is 6.79. The molecule has 0 saturated carbocycles. The molecule has 4 heterocycles. The first-order valence-electron chi connectivity index (χ1n) is 12.1. The standard InChI is InChI=1S/C27H34ClN3/c1-4-5-8-18(2)30-16-22-13-12-21(30)17-31(22)19(3)20-11-14-24-26(15-20)29-25-10-7-6-9-23(25)27(24)28/h11,14-15,21-22H,2-10,12-13,16-17H2,1H3. The van der Waals surface area contributed by atoms with Gasteiger partial charge in [0.2, 0.25) is 0 Å². The second-order valence-corrected chi connectivity index (χ2v) is 9.97. The summed E-state index contributed by atoms with van der Waals surface area (Å²) in [6, 6.07) is 7.63. The van der Waals surface area contributed by atoms with Gasteiger partial charge in [-0.15, -0.1) is 0 Å². The van der Waals surface area contributed by atoms with Gasteiger partial charge < -0.3 is 9.80 Å². The van der Waals surface area contributed by atoms with Gasteiger partial charge in [0.1, 0.15) is 0 Å². The lowest BCUT2D eigenvalue weighted by Gasteiger charge is -2.54. The number of aromatic nitrogens is 1. The van der Waals surface area contributed by atoms with Crippen molar-refractivity contribution >= 4 is 28.2 Å². The molecule has 6 rings (SSSR count). The molecule has 1 aromatic carbocycles. The summed E-state index contributed by atoms with van der Waals surface area (Å²) < 4.78 is 0. The van der Waals surface area contributed by atoms with E-state index >= 15 is 0 Å². The summed E-state index contributed by atoms with van der Waals surface area (Å²) in [5.41, 5.74) is 7.12. The molecule has 0 N–H and O–H groups in total. The molecule has 3 nitrogen and oxygen atoms in total. The summed E-state index contributed by atoms with van der Waals surface area (Å²) in [5.74, 6) is 0. The van der Waals surface area contributed by atoms with Crippen LogP contribution in [0, 0.1) is 0 Å². The third-order valence-electron chi connectivity index (χ3n) is 7.63. The largest absolute Gasteiger partial charge is 0.368 e. The number of rotatable bonds is 6. The molecular formula is C27H34ClN3. The van der Waals surface area contributed by atoms with Gasteiger partial charge in [0, 0.05) is 47.6 Å². The quantitative estimate of drug-likeness (QED) is 0.510. The molecular weight excluding hydrogens is 402 g/mol. The topological polar surface area (TPSA) is 19.4 Å². The van der Waals surface area contributed by atoms with Crippen LogP contribution in [0.4, 0.5) is 0 Å². The van der Waals surface area contributed by atoms with E-state index in [1.54, 1.807) is 0 Å². The van der Waals surface area contributed by atoms with Crippen LogP contribution in [0.25, 0.3) is 16.6 Å². The number of fused-ring (bicyclic) bond motifs is 5. The van der Waals surface area contributed by atoms with E-state index < -0.39 is 0 Å². The van der Waals surface area contributed by atoms with Crippen molar-refractivity contribution in [1.82, 2.24) is 14.8 Å². The van der Waals surface area contributed by atoms with Crippen LogP contribution in [0.3, 0.4) is 0 Å². The van der Waals surface area contributed by atoms with E-state index in [2.05, 4.69) is 48.1 Å². The van der Waals surface area contributed by atoms with Crippen LogP contribution < -0.4 is 0 Å². The Hall–Kier alpha value is -2.00. The maximum absolute atomic E-state index is 6.79. The Labute approximate surface area is 191 Å². The molecule has 0 radical (unpaired) electrons. The van der Waals surface area contributed by atoms with Crippen molar-refractivity contribution in [3.8, 4) is 0 Å². The van der Waals surface area contributed by atoms with E-state index in [4.69, 9.17) is 16.6 Å². The number of piperazine rings is 1. The van der Waals surface area contributed by atoms with E-state index in [1.165, 1.54) is 61.0 Å². The van der Waals surface area contributed by atoms with Gasteiger partial charge in [0.05, 0.1) is 10.5 Å². The molecule has 31 heavy (non-hydrogen) atoms. The highest BCUT2D eigenvalue weighted by molar-refractivity contribution is 6.36. The van der Waals surface area contributed by atoms with Gasteiger partial charge >= 0.3 is 0 Å². The van der Waals surface area contributed by atoms with Crippen LogP contribution in [-0.2, 0) is 12.8 Å². The molecule has 4 aliphatic rings. The number of pyridine rings is 1. The number of halogens is 1. The molecule has 1 aromatic heterocycles. The zero-order valence-electron chi connectivity index (χ0n) is 18.8. The van der Waals surface area contributed by atoms with Crippen LogP contribution in [-0.4, -0.2) is 40.0 Å².